The van der Waals surface area contributed by atoms with Crippen molar-refractivity contribution in [2.45, 2.75) is 6.04 Å². The molecular weight excluding hydrogens is 344 g/mol. The van der Waals surface area contributed by atoms with Gasteiger partial charge in [-0.3, -0.25) is 9.59 Å². The lowest BCUT2D eigenvalue weighted by atomic mass is 9.95. The Morgan fingerprint density at radius 2 is 1.85 bits per heavy atom. The number of likely N-dealkylation sites (N-methyl/N-ethyl adjacent to an activating group) is 1. The van der Waals surface area contributed by atoms with Crippen molar-refractivity contribution in [3.05, 3.63) is 70.8 Å². The van der Waals surface area contributed by atoms with Crippen LogP contribution in [0.4, 0.5) is 8.78 Å². The number of Topliss-reactive ketones (excluding diaryl/α,β-unsaturated/α-hetero) is 1. The van der Waals surface area contributed by atoms with Crippen molar-refractivity contribution in [2.75, 3.05) is 14.2 Å². The number of hydrogen-bond acceptors (Lipinski definition) is 4. The zero-order valence-electron chi connectivity index (χ0n) is 14.0. The van der Waals surface area contributed by atoms with Crippen LogP contribution < -0.4 is 4.74 Å². The van der Waals surface area contributed by atoms with Gasteiger partial charge in [0.25, 0.3) is 11.7 Å². The van der Waals surface area contributed by atoms with Crippen molar-refractivity contribution in [1.82, 2.24) is 4.90 Å². The Morgan fingerprint density at radius 1 is 1.15 bits per heavy atom. The largest absolute Gasteiger partial charge is 0.507 e. The number of benzene rings is 2. The number of rotatable bonds is 3. The number of aliphatic hydroxyl groups excluding tert-OH is 1. The van der Waals surface area contributed by atoms with Crippen molar-refractivity contribution < 1.29 is 28.2 Å². The molecule has 1 saturated heterocycles. The second-order valence-electron chi connectivity index (χ2n) is 5.78. The minimum Gasteiger partial charge on any atom is -0.507 e. The zero-order chi connectivity index (χ0) is 19.0. The van der Waals surface area contributed by atoms with Crippen LogP contribution >= 0.6 is 0 Å². The highest BCUT2D eigenvalue weighted by molar-refractivity contribution is 6.46. The third-order valence-electron chi connectivity index (χ3n) is 4.29. The average molecular weight is 359 g/mol. The summed E-state index contributed by atoms with van der Waals surface area (Å²) in [5.41, 5.74) is -0.377. The fraction of sp³-hybridized carbons (Fsp3) is 0.158. The molecule has 2 aromatic rings. The van der Waals surface area contributed by atoms with Gasteiger partial charge in [-0.2, -0.15) is 0 Å². The number of carbonyl (C=O) groups excluding carboxylic acids is 2. The van der Waals surface area contributed by atoms with E-state index in [4.69, 9.17) is 4.74 Å². The van der Waals surface area contributed by atoms with Gasteiger partial charge in [-0.25, -0.2) is 8.78 Å². The quantitative estimate of drug-likeness (QED) is 0.520. The van der Waals surface area contributed by atoms with Gasteiger partial charge >= 0.3 is 0 Å². The van der Waals surface area contributed by atoms with Crippen LogP contribution in [-0.2, 0) is 9.59 Å². The van der Waals surface area contributed by atoms with Gasteiger partial charge in [-0.05, 0) is 24.3 Å². The highest BCUT2D eigenvalue weighted by atomic mass is 19.1. The van der Waals surface area contributed by atoms with E-state index < -0.39 is 35.1 Å². The molecule has 1 heterocycles. The van der Waals surface area contributed by atoms with Crippen molar-refractivity contribution in [2.24, 2.45) is 0 Å². The molecule has 0 bridgehead atoms. The number of ketones is 1. The Hall–Kier alpha value is -3.22. The van der Waals surface area contributed by atoms with Gasteiger partial charge in [0.2, 0.25) is 0 Å². The molecule has 3 rings (SSSR count). The van der Waals surface area contributed by atoms with Crippen LogP contribution in [0, 0.1) is 11.6 Å². The number of ether oxygens (including phenoxy) is 1. The summed E-state index contributed by atoms with van der Waals surface area (Å²) in [6.45, 7) is 0. The fourth-order valence-electron chi connectivity index (χ4n) is 3.02. The molecule has 0 aliphatic carbocycles. The highest BCUT2D eigenvalue weighted by Gasteiger charge is 2.45. The molecule has 26 heavy (non-hydrogen) atoms. The minimum absolute atomic E-state index is 0.0473. The Balaban J connectivity index is 2.27. The van der Waals surface area contributed by atoms with Crippen LogP contribution in [0.15, 0.2) is 48.0 Å². The minimum atomic E-state index is -1.14. The Bertz CT molecular complexity index is 939. The number of carbonyl (C=O) groups is 2. The molecule has 0 spiro atoms. The van der Waals surface area contributed by atoms with Gasteiger partial charge in [0.1, 0.15) is 23.1 Å². The summed E-state index contributed by atoms with van der Waals surface area (Å²) < 4.78 is 33.0. The van der Waals surface area contributed by atoms with Gasteiger partial charge in [0.15, 0.2) is 0 Å². The Labute approximate surface area is 148 Å². The molecule has 0 aromatic heterocycles. The Morgan fingerprint density at radius 3 is 2.50 bits per heavy atom. The predicted octanol–water partition coefficient (Wildman–Crippen LogP) is 3.02. The molecule has 1 unspecified atom stereocenters. The normalized spacial score (nSPS) is 19.1. The summed E-state index contributed by atoms with van der Waals surface area (Å²) >= 11 is 0. The molecule has 1 aliphatic rings. The molecule has 1 atom stereocenters. The van der Waals surface area contributed by atoms with E-state index in [0.717, 1.165) is 17.0 Å². The summed E-state index contributed by atoms with van der Waals surface area (Å²) in [4.78, 5) is 25.7. The van der Waals surface area contributed by atoms with Crippen LogP contribution in [0.25, 0.3) is 5.76 Å². The third-order valence-corrected chi connectivity index (χ3v) is 4.29. The van der Waals surface area contributed by atoms with Gasteiger partial charge in [0.05, 0.1) is 24.3 Å². The smallest absolute Gasteiger partial charge is 0.295 e. The second kappa shape index (κ2) is 6.59. The molecule has 7 heteroatoms. The van der Waals surface area contributed by atoms with E-state index >= 15 is 0 Å². The molecule has 0 saturated carbocycles. The van der Waals surface area contributed by atoms with Gasteiger partial charge in [0, 0.05) is 12.6 Å². The van der Waals surface area contributed by atoms with Gasteiger partial charge < -0.3 is 14.7 Å². The van der Waals surface area contributed by atoms with E-state index in [1.165, 1.54) is 38.4 Å². The van der Waals surface area contributed by atoms with Gasteiger partial charge in [-0.1, -0.05) is 18.2 Å². The van der Waals surface area contributed by atoms with Crippen molar-refractivity contribution >= 4 is 17.4 Å². The lowest BCUT2D eigenvalue weighted by molar-refractivity contribution is -0.139. The molecule has 1 aliphatic heterocycles. The van der Waals surface area contributed by atoms with E-state index in [1.807, 2.05) is 0 Å². The maximum absolute atomic E-state index is 14.3. The van der Waals surface area contributed by atoms with Crippen LogP contribution in [0.2, 0.25) is 0 Å². The van der Waals surface area contributed by atoms with Crippen LogP contribution in [-0.4, -0.2) is 35.9 Å². The van der Waals surface area contributed by atoms with Crippen LogP contribution in [0.5, 0.6) is 5.75 Å². The maximum atomic E-state index is 14.3. The second-order valence-corrected chi connectivity index (χ2v) is 5.78. The first-order valence-corrected chi connectivity index (χ1v) is 7.69. The van der Waals surface area contributed by atoms with E-state index in [1.54, 1.807) is 6.07 Å². The molecular formula is C19H15F2NO4. The summed E-state index contributed by atoms with van der Waals surface area (Å²) in [5, 5.41) is 10.7. The SMILES string of the molecule is COc1ccc(F)cc1/C(O)=C1\C(=O)C(=O)N(C)C1c1ccccc1F. The van der Waals surface area contributed by atoms with Gasteiger partial charge in [-0.15, -0.1) is 0 Å². The summed E-state index contributed by atoms with van der Waals surface area (Å²) in [5.74, 6) is -3.69. The van der Waals surface area contributed by atoms with E-state index in [0.29, 0.717) is 0 Å². The first-order valence-electron chi connectivity index (χ1n) is 7.69. The lowest BCUT2D eigenvalue weighted by Crippen LogP contribution is -2.25. The number of aliphatic hydroxyl groups is 1. The topological polar surface area (TPSA) is 66.8 Å². The average Bonchev–Trinajstić information content (AvgIpc) is 2.85. The number of methoxy groups -OCH3 is 1. The maximum Gasteiger partial charge on any atom is 0.295 e. The molecule has 1 N–H and O–H groups in total. The standard InChI is InChI=1S/C19H15F2NO4/c1-22-16(11-5-3-4-6-13(11)21)15(18(24)19(22)25)17(23)12-9-10(20)7-8-14(12)26-2/h3-9,16,23H,1-2H3/b17-15+. The monoisotopic (exact) mass is 359 g/mol. The summed E-state index contributed by atoms with van der Waals surface area (Å²) in [6, 6.07) is 7.88. The number of nitrogens with zero attached hydrogens (tertiary/aromatic N) is 1. The number of hydrogen-bond donors (Lipinski definition) is 1. The number of amides is 1. The first kappa shape index (κ1) is 17.6. The van der Waals surface area contributed by atoms with Crippen molar-refractivity contribution in [1.29, 1.82) is 0 Å². The van der Waals surface area contributed by atoms with E-state index in [2.05, 4.69) is 0 Å². The zero-order valence-corrected chi connectivity index (χ0v) is 14.0. The van der Waals surface area contributed by atoms with Crippen LogP contribution in [0.3, 0.4) is 0 Å². The molecule has 5 nitrogen and oxygen atoms in total. The highest BCUT2D eigenvalue weighted by Crippen LogP contribution is 2.40. The fourth-order valence-corrected chi connectivity index (χ4v) is 3.02. The first-order chi connectivity index (χ1) is 12.4. The number of likely N-dealkylation sites (tertiary alicyclic amines) is 1. The van der Waals surface area contributed by atoms with Crippen molar-refractivity contribution in [3.8, 4) is 5.75 Å². The van der Waals surface area contributed by atoms with E-state index in [9.17, 15) is 23.5 Å². The summed E-state index contributed by atoms with van der Waals surface area (Å²) in [6.07, 6.45) is 0. The molecule has 1 fully saturated rings. The molecule has 134 valence electrons. The molecule has 0 radical (unpaired) electrons. The predicted molar refractivity (Wildman–Crippen MR) is 89.4 cm³/mol. The Kier molecular flexibility index (Phi) is 4.46. The number of halogens is 2. The third kappa shape index (κ3) is 2.71. The summed E-state index contributed by atoms with van der Waals surface area (Å²) in [7, 11) is 2.65. The van der Waals surface area contributed by atoms with Crippen molar-refractivity contribution in [3.63, 3.8) is 0 Å². The van der Waals surface area contributed by atoms with Crippen LogP contribution in [0.1, 0.15) is 17.2 Å². The van der Waals surface area contributed by atoms with E-state index in [-0.39, 0.29) is 22.4 Å². The lowest BCUT2D eigenvalue weighted by Gasteiger charge is -2.21. The molecule has 2 aromatic carbocycles. The molecule has 1 amide bonds.